The zero-order chi connectivity index (χ0) is 14.3. The van der Waals surface area contributed by atoms with Gasteiger partial charge in [-0.05, 0) is 55.2 Å². The minimum absolute atomic E-state index is 0.00180. The van der Waals surface area contributed by atoms with Gasteiger partial charge in [0.1, 0.15) is 0 Å². The highest BCUT2D eigenvalue weighted by molar-refractivity contribution is 6.31. The Morgan fingerprint density at radius 1 is 1.40 bits per heavy atom. The first-order chi connectivity index (χ1) is 9.54. The molecule has 2 bridgehead atoms. The maximum atomic E-state index is 12.5. The van der Waals surface area contributed by atoms with Gasteiger partial charge in [-0.15, -0.1) is 0 Å². The molecule has 0 spiro atoms. The van der Waals surface area contributed by atoms with Crippen molar-refractivity contribution in [3.8, 4) is 0 Å². The van der Waals surface area contributed by atoms with Crippen molar-refractivity contribution in [3.63, 3.8) is 0 Å². The lowest BCUT2D eigenvalue weighted by atomic mass is 9.88. The Kier molecular flexibility index (Phi) is 3.63. The van der Waals surface area contributed by atoms with Crippen LogP contribution in [0.15, 0.2) is 18.2 Å². The largest absolute Gasteiger partial charge is 0.398 e. The molecule has 3 nitrogen and oxygen atoms in total. The lowest BCUT2D eigenvalue weighted by molar-refractivity contribution is 0.0755. The SMILES string of the molecule is CN(CC1CC2CCC1C2)C(=O)c1ccc(Cl)cc1N. The molecule has 0 radical (unpaired) electrons. The molecule has 1 aromatic rings. The monoisotopic (exact) mass is 292 g/mol. The van der Waals surface area contributed by atoms with Gasteiger partial charge in [0.15, 0.2) is 0 Å². The smallest absolute Gasteiger partial charge is 0.255 e. The number of anilines is 1. The van der Waals surface area contributed by atoms with Gasteiger partial charge in [-0.1, -0.05) is 18.0 Å². The van der Waals surface area contributed by atoms with Gasteiger partial charge in [0, 0.05) is 24.3 Å². The van der Waals surface area contributed by atoms with Gasteiger partial charge in [0.25, 0.3) is 5.91 Å². The molecule has 0 heterocycles. The summed E-state index contributed by atoms with van der Waals surface area (Å²) in [6.07, 6.45) is 5.40. The first-order valence-corrected chi connectivity index (χ1v) is 7.73. The van der Waals surface area contributed by atoms with E-state index in [2.05, 4.69) is 0 Å². The van der Waals surface area contributed by atoms with Crippen molar-refractivity contribution in [2.24, 2.45) is 17.8 Å². The molecule has 2 aliphatic carbocycles. The highest BCUT2D eigenvalue weighted by atomic mass is 35.5. The fourth-order valence-corrected chi connectivity index (χ4v) is 4.15. The van der Waals surface area contributed by atoms with Crippen LogP contribution in [0.5, 0.6) is 0 Å². The third-order valence-corrected chi connectivity index (χ3v) is 5.22. The van der Waals surface area contributed by atoms with E-state index in [0.717, 1.165) is 18.4 Å². The molecule has 2 N–H and O–H groups in total. The van der Waals surface area contributed by atoms with E-state index in [1.807, 2.05) is 11.9 Å². The number of fused-ring (bicyclic) bond motifs is 2. The summed E-state index contributed by atoms with van der Waals surface area (Å²) in [4.78, 5) is 14.3. The summed E-state index contributed by atoms with van der Waals surface area (Å²) >= 11 is 5.88. The van der Waals surface area contributed by atoms with Gasteiger partial charge >= 0.3 is 0 Å². The number of carbonyl (C=O) groups excluding carboxylic acids is 1. The Labute approximate surface area is 125 Å². The van der Waals surface area contributed by atoms with Gasteiger partial charge in [0.2, 0.25) is 0 Å². The highest BCUT2D eigenvalue weighted by Gasteiger charge is 2.40. The van der Waals surface area contributed by atoms with E-state index in [1.54, 1.807) is 18.2 Å². The predicted octanol–water partition coefficient (Wildman–Crippen LogP) is 3.43. The standard InChI is InChI=1S/C16H21ClN2O/c1-19(9-12-7-10-2-3-11(12)6-10)16(20)14-5-4-13(17)8-15(14)18/h4-5,8,10-12H,2-3,6-7,9,18H2,1H3. The number of nitrogens with zero attached hydrogens (tertiary/aromatic N) is 1. The summed E-state index contributed by atoms with van der Waals surface area (Å²) < 4.78 is 0. The van der Waals surface area contributed by atoms with Gasteiger partial charge in [-0.2, -0.15) is 0 Å². The molecule has 20 heavy (non-hydrogen) atoms. The Morgan fingerprint density at radius 2 is 2.20 bits per heavy atom. The van der Waals surface area contributed by atoms with E-state index in [4.69, 9.17) is 17.3 Å². The average Bonchev–Trinajstić information content (AvgIpc) is 3.00. The maximum absolute atomic E-state index is 12.5. The van der Waals surface area contributed by atoms with Gasteiger partial charge in [-0.25, -0.2) is 0 Å². The van der Waals surface area contributed by atoms with Gasteiger partial charge in [-0.3, -0.25) is 4.79 Å². The van der Waals surface area contributed by atoms with Crippen LogP contribution in [-0.2, 0) is 0 Å². The quantitative estimate of drug-likeness (QED) is 0.868. The van der Waals surface area contributed by atoms with E-state index < -0.39 is 0 Å². The minimum atomic E-state index is 0.00180. The number of hydrogen-bond donors (Lipinski definition) is 1. The number of benzene rings is 1. The molecule has 0 aliphatic heterocycles. The van der Waals surface area contributed by atoms with Crippen molar-refractivity contribution in [2.45, 2.75) is 25.7 Å². The molecular formula is C16H21ClN2O. The third kappa shape index (κ3) is 2.51. The van der Waals surface area contributed by atoms with Crippen LogP contribution in [0, 0.1) is 17.8 Å². The van der Waals surface area contributed by atoms with E-state index in [9.17, 15) is 4.79 Å². The van der Waals surface area contributed by atoms with Crippen molar-refractivity contribution >= 4 is 23.2 Å². The first kappa shape index (κ1) is 13.7. The second-order valence-electron chi connectivity index (χ2n) is 6.35. The lowest BCUT2D eigenvalue weighted by Crippen LogP contribution is -2.34. The molecule has 4 heteroatoms. The van der Waals surface area contributed by atoms with Crippen LogP contribution in [0.1, 0.15) is 36.0 Å². The van der Waals surface area contributed by atoms with Crippen LogP contribution >= 0.6 is 11.6 Å². The highest BCUT2D eigenvalue weighted by Crippen LogP contribution is 2.48. The molecule has 2 fully saturated rings. The zero-order valence-corrected chi connectivity index (χ0v) is 12.6. The number of carbonyl (C=O) groups is 1. The number of halogens is 1. The molecule has 0 saturated heterocycles. The Balaban J connectivity index is 1.67. The summed E-state index contributed by atoms with van der Waals surface area (Å²) in [5.74, 6) is 2.42. The summed E-state index contributed by atoms with van der Waals surface area (Å²) in [6, 6.07) is 5.08. The van der Waals surface area contributed by atoms with E-state index in [1.165, 1.54) is 25.7 Å². The molecule has 3 atom stereocenters. The predicted molar refractivity (Wildman–Crippen MR) is 81.8 cm³/mol. The fourth-order valence-electron chi connectivity index (χ4n) is 3.97. The normalized spacial score (nSPS) is 27.8. The van der Waals surface area contributed by atoms with Crippen LogP contribution in [0.4, 0.5) is 5.69 Å². The summed E-state index contributed by atoms with van der Waals surface area (Å²) in [5, 5.41) is 0.565. The molecule has 108 valence electrons. The van der Waals surface area contributed by atoms with E-state index in [0.29, 0.717) is 22.2 Å². The van der Waals surface area contributed by atoms with Crippen LogP contribution in [0.2, 0.25) is 5.02 Å². The average molecular weight is 293 g/mol. The Hall–Kier alpha value is -1.22. The fraction of sp³-hybridized carbons (Fsp3) is 0.562. The van der Waals surface area contributed by atoms with Crippen molar-refractivity contribution < 1.29 is 4.79 Å². The number of rotatable bonds is 3. The summed E-state index contributed by atoms with van der Waals surface area (Å²) in [6.45, 7) is 0.849. The molecular weight excluding hydrogens is 272 g/mol. The van der Waals surface area contributed by atoms with Crippen LogP contribution < -0.4 is 5.73 Å². The molecule has 3 unspecified atom stereocenters. The molecule has 1 amide bonds. The molecule has 0 aromatic heterocycles. The van der Waals surface area contributed by atoms with Crippen molar-refractivity contribution in [1.82, 2.24) is 4.90 Å². The zero-order valence-electron chi connectivity index (χ0n) is 11.8. The molecule has 3 rings (SSSR count). The van der Waals surface area contributed by atoms with Crippen molar-refractivity contribution in [2.75, 3.05) is 19.3 Å². The Morgan fingerprint density at radius 3 is 2.80 bits per heavy atom. The third-order valence-electron chi connectivity index (χ3n) is 4.98. The number of nitrogens with two attached hydrogens (primary N) is 1. The van der Waals surface area contributed by atoms with Gasteiger partial charge < -0.3 is 10.6 Å². The molecule has 2 aliphatic rings. The van der Waals surface area contributed by atoms with Gasteiger partial charge in [0.05, 0.1) is 5.56 Å². The summed E-state index contributed by atoms with van der Waals surface area (Å²) in [5.41, 5.74) is 6.91. The molecule has 2 saturated carbocycles. The van der Waals surface area contributed by atoms with Crippen LogP contribution in [0.3, 0.4) is 0 Å². The van der Waals surface area contributed by atoms with Crippen LogP contribution in [0.25, 0.3) is 0 Å². The molecule has 1 aromatic carbocycles. The van der Waals surface area contributed by atoms with E-state index in [-0.39, 0.29) is 5.91 Å². The van der Waals surface area contributed by atoms with Crippen molar-refractivity contribution in [1.29, 1.82) is 0 Å². The Bertz CT molecular complexity index is 531. The first-order valence-electron chi connectivity index (χ1n) is 7.35. The second kappa shape index (κ2) is 5.28. The number of amides is 1. The van der Waals surface area contributed by atoms with Crippen molar-refractivity contribution in [3.05, 3.63) is 28.8 Å². The minimum Gasteiger partial charge on any atom is -0.398 e. The second-order valence-corrected chi connectivity index (χ2v) is 6.79. The lowest BCUT2D eigenvalue weighted by Gasteiger charge is -2.27. The number of nitrogen functional groups attached to an aromatic ring is 1. The summed E-state index contributed by atoms with van der Waals surface area (Å²) in [7, 11) is 1.88. The van der Waals surface area contributed by atoms with E-state index >= 15 is 0 Å². The topological polar surface area (TPSA) is 46.3 Å². The number of hydrogen-bond acceptors (Lipinski definition) is 2. The van der Waals surface area contributed by atoms with Crippen LogP contribution in [-0.4, -0.2) is 24.4 Å². The maximum Gasteiger partial charge on any atom is 0.255 e.